The Labute approximate surface area is 157 Å². The maximum Gasteiger partial charge on any atom is 0.461 e. The molecule has 0 saturated carbocycles. The van der Waals surface area contributed by atoms with E-state index in [2.05, 4.69) is 0 Å². The van der Waals surface area contributed by atoms with Gasteiger partial charge < -0.3 is 19.2 Å². The van der Waals surface area contributed by atoms with Gasteiger partial charge in [-0.2, -0.15) is 0 Å². The van der Waals surface area contributed by atoms with Gasteiger partial charge in [-0.15, -0.1) is 0 Å². The molecule has 26 heavy (non-hydrogen) atoms. The Balaban J connectivity index is 2.37. The van der Waals surface area contributed by atoms with Crippen LogP contribution in [0.3, 0.4) is 0 Å². The molecule has 1 saturated heterocycles. The second-order valence-corrected chi connectivity index (χ2v) is 9.12. The highest BCUT2D eigenvalue weighted by Crippen LogP contribution is 2.41. The lowest BCUT2D eigenvalue weighted by Gasteiger charge is -2.32. The maximum atomic E-state index is 12.9. The van der Waals surface area contributed by atoms with Crippen molar-refractivity contribution in [2.75, 3.05) is 0 Å². The van der Waals surface area contributed by atoms with Crippen molar-refractivity contribution in [3.05, 3.63) is 35.4 Å². The van der Waals surface area contributed by atoms with Gasteiger partial charge in [-0.3, -0.25) is 0 Å². The molecular formula is C20H31BO5. The van der Waals surface area contributed by atoms with Crippen LogP contribution in [-0.4, -0.2) is 35.0 Å². The van der Waals surface area contributed by atoms with Crippen molar-refractivity contribution in [2.24, 2.45) is 0 Å². The molecule has 144 valence electrons. The van der Waals surface area contributed by atoms with Crippen LogP contribution in [0.1, 0.15) is 59.6 Å². The molecule has 1 heterocycles. The van der Waals surface area contributed by atoms with Gasteiger partial charge in [-0.05, 0) is 61.0 Å². The lowest BCUT2D eigenvalue weighted by Crippen LogP contribution is -2.44. The molecule has 1 aliphatic rings. The van der Waals surface area contributed by atoms with Crippen LogP contribution >= 0.6 is 0 Å². The second kappa shape index (κ2) is 6.66. The van der Waals surface area contributed by atoms with Gasteiger partial charge in [0.05, 0.1) is 11.2 Å². The van der Waals surface area contributed by atoms with Crippen LogP contribution in [0.25, 0.3) is 0 Å². The molecule has 5 nitrogen and oxygen atoms in total. The second-order valence-electron chi connectivity index (χ2n) is 9.12. The quantitative estimate of drug-likeness (QED) is 0.655. The molecule has 1 fully saturated rings. The monoisotopic (exact) mass is 362 g/mol. The fourth-order valence-electron chi connectivity index (χ4n) is 2.87. The number of aryl methyl sites for hydroxylation is 1. The molecule has 0 aromatic heterocycles. The van der Waals surface area contributed by atoms with Crippen molar-refractivity contribution in [3.8, 4) is 0 Å². The summed E-state index contributed by atoms with van der Waals surface area (Å²) < 4.78 is 17.5. The van der Waals surface area contributed by atoms with Gasteiger partial charge in [0, 0.05) is 6.32 Å². The van der Waals surface area contributed by atoms with Crippen molar-refractivity contribution in [2.45, 2.75) is 84.1 Å². The summed E-state index contributed by atoms with van der Waals surface area (Å²) in [6.07, 6.45) is -0.0434. The first-order valence-electron chi connectivity index (χ1n) is 9.05. The van der Waals surface area contributed by atoms with Crippen molar-refractivity contribution in [1.29, 1.82) is 0 Å². The standard InChI is InChI=1S/C20H31BO5/c1-14-10-9-11-15(12-14)20(23,16(22)24-17(2,3)4)13-21-25-18(5,6)19(7,8)26-21/h9-12,23H,13H2,1-8H3/t20-/m1/s1. The third kappa shape index (κ3) is 4.30. The molecular weight excluding hydrogens is 331 g/mol. The summed E-state index contributed by atoms with van der Waals surface area (Å²) in [5, 5.41) is 11.4. The van der Waals surface area contributed by atoms with E-state index in [-0.39, 0.29) is 6.32 Å². The van der Waals surface area contributed by atoms with Crippen molar-refractivity contribution in [1.82, 2.24) is 0 Å². The lowest BCUT2D eigenvalue weighted by molar-refractivity contribution is -0.177. The van der Waals surface area contributed by atoms with Gasteiger partial charge in [0.25, 0.3) is 0 Å². The first-order chi connectivity index (χ1) is 11.7. The number of rotatable bonds is 4. The van der Waals surface area contributed by atoms with E-state index in [1.54, 1.807) is 32.9 Å². The van der Waals surface area contributed by atoms with Crippen LogP contribution < -0.4 is 0 Å². The molecule has 6 heteroatoms. The van der Waals surface area contributed by atoms with E-state index in [1.807, 2.05) is 46.8 Å². The molecule has 1 N–H and O–H groups in total. The fourth-order valence-corrected chi connectivity index (χ4v) is 2.87. The van der Waals surface area contributed by atoms with Gasteiger partial charge in [0.15, 0.2) is 5.60 Å². The van der Waals surface area contributed by atoms with Gasteiger partial charge >= 0.3 is 13.1 Å². The summed E-state index contributed by atoms with van der Waals surface area (Å²) in [6.45, 7) is 15.0. The summed E-state index contributed by atoms with van der Waals surface area (Å²) in [4.78, 5) is 12.9. The Morgan fingerprint density at radius 3 is 2.15 bits per heavy atom. The largest absolute Gasteiger partial charge is 0.461 e. The Morgan fingerprint density at radius 1 is 1.15 bits per heavy atom. The SMILES string of the molecule is Cc1cccc([C@](O)(CB2OC(C)(C)C(C)(C)O2)C(=O)OC(C)(C)C)c1. The smallest absolute Gasteiger partial charge is 0.458 e. The van der Waals surface area contributed by atoms with E-state index in [0.29, 0.717) is 5.56 Å². The minimum Gasteiger partial charge on any atom is -0.458 e. The molecule has 1 aromatic carbocycles. The lowest BCUT2D eigenvalue weighted by atomic mass is 9.71. The normalized spacial score (nSPS) is 21.3. The molecule has 1 aliphatic heterocycles. The summed E-state index contributed by atoms with van der Waals surface area (Å²) in [5.74, 6) is -0.703. The predicted molar refractivity (Wildman–Crippen MR) is 102 cm³/mol. The summed E-state index contributed by atoms with van der Waals surface area (Å²) in [5.41, 5.74) is -2.25. The highest BCUT2D eigenvalue weighted by molar-refractivity contribution is 6.46. The number of benzene rings is 1. The van der Waals surface area contributed by atoms with Crippen LogP contribution in [0.5, 0.6) is 0 Å². The van der Waals surface area contributed by atoms with Crippen molar-refractivity contribution < 1.29 is 23.9 Å². The van der Waals surface area contributed by atoms with E-state index < -0.39 is 35.5 Å². The average molecular weight is 362 g/mol. The predicted octanol–water partition coefficient (Wildman–Crippen LogP) is 3.62. The van der Waals surface area contributed by atoms with Crippen LogP contribution in [0.15, 0.2) is 24.3 Å². The molecule has 0 bridgehead atoms. The molecule has 0 unspecified atom stereocenters. The highest BCUT2D eigenvalue weighted by atomic mass is 16.7. The van der Waals surface area contributed by atoms with Crippen LogP contribution in [-0.2, 0) is 24.4 Å². The zero-order chi connectivity index (χ0) is 20.0. The molecule has 0 aliphatic carbocycles. The van der Waals surface area contributed by atoms with E-state index in [0.717, 1.165) is 5.56 Å². The third-order valence-electron chi connectivity index (χ3n) is 5.00. The van der Waals surface area contributed by atoms with Gasteiger partial charge in [-0.1, -0.05) is 29.8 Å². The van der Waals surface area contributed by atoms with E-state index in [1.165, 1.54) is 0 Å². The van der Waals surface area contributed by atoms with Crippen molar-refractivity contribution >= 4 is 13.1 Å². The third-order valence-corrected chi connectivity index (χ3v) is 5.00. The number of ether oxygens (including phenoxy) is 1. The number of hydrogen-bond acceptors (Lipinski definition) is 5. The first-order valence-corrected chi connectivity index (χ1v) is 9.05. The van der Waals surface area contributed by atoms with Gasteiger partial charge in [-0.25, -0.2) is 4.79 Å². The van der Waals surface area contributed by atoms with Crippen LogP contribution in [0, 0.1) is 6.92 Å². The fraction of sp³-hybridized carbons (Fsp3) is 0.650. The van der Waals surface area contributed by atoms with E-state index in [9.17, 15) is 9.90 Å². The minimum atomic E-state index is -1.86. The zero-order valence-corrected chi connectivity index (χ0v) is 17.2. The Kier molecular flexibility index (Phi) is 5.37. The van der Waals surface area contributed by atoms with Gasteiger partial charge in [0.2, 0.25) is 0 Å². The Bertz CT molecular complexity index is 661. The van der Waals surface area contributed by atoms with E-state index >= 15 is 0 Å². The van der Waals surface area contributed by atoms with Gasteiger partial charge in [0.1, 0.15) is 5.60 Å². The molecule has 0 amide bonds. The number of esters is 1. The maximum absolute atomic E-state index is 12.9. The summed E-state index contributed by atoms with van der Waals surface area (Å²) in [6, 6.07) is 7.23. The minimum absolute atomic E-state index is 0.0434. The number of carbonyl (C=O) groups is 1. The van der Waals surface area contributed by atoms with E-state index in [4.69, 9.17) is 14.0 Å². The van der Waals surface area contributed by atoms with Crippen LogP contribution in [0.2, 0.25) is 6.32 Å². The summed E-state index contributed by atoms with van der Waals surface area (Å²) >= 11 is 0. The molecule has 1 atom stereocenters. The average Bonchev–Trinajstić information content (AvgIpc) is 2.63. The van der Waals surface area contributed by atoms with Crippen LogP contribution in [0.4, 0.5) is 0 Å². The molecule has 2 rings (SSSR count). The first kappa shape index (κ1) is 20.9. The molecule has 1 aromatic rings. The number of carbonyl (C=O) groups excluding carboxylic acids is 1. The zero-order valence-electron chi connectivity index (χ0n) is 17.2. The molecule has 0 spiro atoms. The Hall–Kier alpha value is -1.37. The Morgan fingerprint density at radius 2 is 1.69 bits per heavy atom. The van der Waals surface area contributed by atoms with Crippen molar-refractivity contribution in [3.63, 3.8) is 0 Å². The number of aliphatic hydroxyl groups is 1. The summed E-state index contributed by atoms with van der Waals surface area (Å²) in [7, 11) is -0.724. The highest BCUT2D eigenvalue weighted by Gasteiger charge is 2.55. The number of hydrogen-bond donors (Lipinski definition) is 1. The molecule has 0 radical (unpaired) electrons. The topological polar surface area (TPSA) is 65.0 Å².